The summed E-state index contributed by atoms with van der Waals surface area (Å²) in [6, 6.07) is 4.78. The monoisotopic (exact) mass is 496 g/mol. The van der Waals surface area contributed by atoms with E-state index in [1.165, 1.54) is 6.07 Å². The standard InChI is InChI=1S/C26H33FN6O3/c1-4-7-17-9-10-23(34)33(14-17)16-22-25(29-30-31(22)3)21-13-19(27)26(20(5-2)28-21)32-11-6-8-18(15-32)12-24(35)36/h9-10,13-14,18H,4-8,11-12,15-16H2,1-3H3,(H,35,36). The van der Waals surface area contributed by atoms with E-state index in [2.05, 4.69) is 17.2 Å². The quantitative estimate of drug-likeness (QED) is 0.484. The molecule has 0 aromatic carbocycles. The number of nitrogens with zero attached hydrogens (tertiary/aromatic N) is 6. The molecule has 4 heterocycles. The molecule has 0 radical (unpaired) electrons. The van der Waals surface area contributed by atoms with Gasteiger partial charge in [0.2, 0.25) is 0 Å². The largest absolute Gasteiger partial charge is 0.481 e. The maximum atomic E-state index is 15.6. The van der Waals surface area contributed by atoms with Crippen molar-refractivity contribution >= 4 is 11.7 Å². The van der Waals surface area contributed by atoms with Crippen LogP contribution in [0.2, 0.25) is 0 Å². The lowest BCUT2D eigenvalue weighted by Crippen LogP contribution is -2.37. The molecule has 0 spiro atoms. The average Bonchev–Trinajstić information content (AvgIpc) is 3.20. The number of hydrogen-bond acceptors (Lipinski definition) is 6. The number of aromatic nitrogens is 5. The van der Waals surface area contributed by atoms with E-state index in [-0.39, 0.29) is 24.4 Å². The van der Waals surface area contributed by atoms with Crippen molar-refractivity contribution in [1.29, 1.82) is 0 Å². The molecule has 1 aliphatic rings. The Balaban J connectivity index is 1.68. The van der Waals surface area contributed by atoms with E-state index in [0.29, 0.717) is 48.0 Å². The third kappa shape index (κ3) is 5.47. The predicted molar refractivity (Wildman–Crippen MR) is 135 cm³/mol. The number of aryl methyl sites for hydroxylation is 3. The smallest absolute Gasteiger partial charge is 0.303 e. The molecular formula is C26H33FN6O3. The Morgan fingerprint density at radius 2 is 2.08 bits per heavy atom. The Morgan fingerprint density at radius 1 is 1.28 bits per heavy atom. The second-order valence-corrected chi connectivity index (χ2v) is 9.45. The molecule has 9 nitrogen and oxygen atoms in total. The van der Waals surface area contributed by atoms with Crippen LogP contribution in [0.15, 0.2) is 29.2 Å². The Bertz CT molecular complexity index is 1300. The zero-order chi connectivity index (χ0) is 25.8. The lowest BCUT2D eigenvalue weighted by molar-refractivity contribution is -0.138. The normalized spacial score (nSPS) is 15.9. The average molecular weight is 497 g/mol. The highest BCUT2D eigenvalue weighted by atomic mass is 19.1. The van der Waals surface area contributed by atoms with E-state index < -0.39 is 11.8 Å². The minimum Gasteiger partial charge on any atom is -0.481 e. The predicted octanol–water partition coefficient (Wildman–Crippen LogP) is 3.43. The third-order valence-corrected chi connectivity index (χ3v) is 6.74. The fourth-order valence-corrected chi connectivity index (χ4v) is 5.00. The van der Waals surface area contributed by atoms with Crippen LogP contribution in [0.4, 0.5) is 10.1 Å². The minimum atomic E-state index is -0.832. The minimum absolute atomic E-state index is 0.0200. The third-order valence-electron chi connectivity index (χ3n) is 6.74. The van der Waals surface area contributed by atoms with Gasteiger partial charge in [-0.1, -0.05) is 31.5 Å². The van der Waals surface area contributed by atoms with Crippen LogP contribution in [-0.2, 0) is 31.2 Å². The number of anilines is 1. The molecule has 192 valence electrons. The van der Waals surface area contributed by atoms with E-state index in [1.807, 2.05) is 24.1 Å². The van der Waals surface area contributed by atoms with Crippen molar-refractivity contribution in [3.05, 3.63) is 57.5 Å². The first-order valence-corrected chi connectivity index (χ1v) is 12.5. The van der Waals surface area contributed by atoms with Gasteiger partial charge in [0.1, 0.15) is 5.69 Å². The van der Waals surface area contributed by atoms with Crippen molar-refractivity contribution in [2.75, 3.05) is 18.0 Å². The summed E-state index contributed by atoms with van der Waals surface area (Å²) in [5.41, 5.74) is 3.43. The fraction of sp³-hybridized carbons (Fsp3) is 0.500. The van der Waals surface area contributed by atoms with Gasteiger partial charge in [0.15, 0.2) is 5.82 Å². The molecule has 4 rings (SSSR count). The van der Waals surface area contributed by atoms with Crippen molar-refractivity contribution in [3.8, 4) is 11.4 Å². The molecule has 36 heavy (non-hydrogen) atoms. The maximum Gasteiger partial charge on any atom is 0.303 e. The number of hydrogen-bond donors (Lipinski definition) is 1. The van der Waals surface area contributed by atoms with Crippen LogP contribution in [0.25, 0.3) is 11.4 Å². The molecule has 1 aliphatic heterocycles. The molecule has 1 saturated heterocycles. The highest BCUT2D eigenvalue weighted by Gasteiger charge is 2.27. The Labute approximate surface area is 209 Å². The topological polar surface area (TPSA) is 106 Å². The first kappa shape index (κ1) is 25.5. The van der Waals surface area contributed by atoms with Crippen LogP contribution < -0.4 is 10.5 Å². The summed E-state index contributed by atoms with van der Waals surface area (Å²) in [5.74, 6) is -1.26. The second kappa shape index (κ2) is 11.0. The van der Waals surface area contributed by atoms with E-state index in [1.54, 1.807) is 22.4 Å². The zero-order valence-electron chi connectivity index (χ0n) is 21.1. The van der Waals surface area contributed by atoms with Crippen LogP contribution >= 0.6 is 0 Å². The van der Waals surface area contributed by atoms with Crippen molar-refractivity contribution in [3.63, 3.8) is 0 Å². The van der Waals surface area contributed by atoms with Gasteiger partial charge in [0.05, 0.1) is 29.3 Å². The molecule has 0 amide bonds. The lowest BCUT2D eigenvalue weighted by atomic mass is 9.94. The second-order valence-electron chi connectivity index (χ2n) is 9.45. The van der Waals surface area contributed by atoms with Gasteiger partial charge in [-0.25, -0.2) is 14.1 Å². The molecule has 1 atom stereocenters. The Morgan fingerprint density at radius 3 is 2.81 bits per heavy atom. The molecule has 0 aliphatic carbocycles. The van der Waals surface area contributed by atoms with E-state index in [4.69, 9.17) is 4.98 Å². The molecule has 10 heteroatoms. The van der Waals surface area contributed by atoms with E-state index in [9.17, 15) is 14.7 Å². The molecule has 1 N–H and O–H groups in total. The first-order valence-electron chi connectivity index (χ1n) is 12.5. The molecule has 3 aromatic heterocycles. The van der Waals surface area contributed by atoms with Gasteiger partial charge in [-0.15, -0.1) is 5.10 Å². The summed E-state index contributed by atoms with van der Waals surface area (Å²) in [6.07, 6.45) is 5.90. The number of carboxylic acids is 1. The van der Waals surface area contributed by atoms with Gasteiger partial charge < -0.3 is 14.6 Å². The number of rotatable bonds is 9. The molecule has 0 bridgehead atoms. The van der Waals surface area contributed by atoms with Crippen LogP contribution in [0.1, 0.15) is 56.5 Å². The summed E-state index contributed by atoms with van der Waals surface area (Å²) in [7, 11) is 1.74. The van der Waals surface area contributed by atoms with Crippen molar-refractivity contribution in [1.82, 2.24) is 24.5 Å². The summed E-state index contributed by atoms with van der Waals surface area (Å²) in [4.78, 5) is 30.4. The molecule has 0 saturated carbocycles. The van der Waals surface area contributed by atoms with Gasteiger partial charge in [-0.2, -0.15) is 0 Å². The lowest BCUT2D eigenvalue weighted by Gasteiger charge is -2.35. The van der Waals surface area contributed by atoms with E-state index >= 15 is 4.39 Å². The fourth-order valence-electron chi connectivity index (χ4n) is 5.00. The zero-order valence-corrected chi connectivity index (χ0v) is 21.1. The van der Waals surface area contributed by atoms with Crippen LogP contribution in [0.5, 0.6) is 0 Å². The number of carboxylic acid groups (broad SMARTS) is 1. The summed E-state index contributed by atoms with van der Waals surface area (Å²) < 4.78 is 18.8. The van der Waals surface area contributed by atoms with Gasteiger partial charge in [0.25, 0.3) is 5.56 Å². The Kier molecular flexibility index (Phi) is 7.81. The number of halogens is 1. The highest BCUT2D eigenvalue weighted by Crippen LogP contribution is 2.32. The van der Waals surface area contributed by atoms with Crippen LogP contribution in [-0.4, -0.2) is 48.7 Å². The highest BCUT2D eigenvalue weighted by molar-refractivity contribution is 5.67. The maximum absolute atomic E-state index is 15.6. The number of pyridine rings is 2. The van der Waals surface area contributed by atoms with Gasteiger partial charge in [-0.05, 0) is 37.2 Å². The summed E-state index contributed by atoms with van der Waals surface area (Å²) >= 11 is 0. The van der Waals surface area contributed by atoms with Crippen LogP contribution in [0, 0.1) is 11.7 Å². The number of carbonyl (C=O) groups is 1. The first-order chi connectivity index (χ1) is 17.3. The van der Waals surface area contributed by atoms with Gasteiger partial charge in [0, 0.05) is 44.9 Å². The summed E-state index contributed by atoms with van der Waals surface area (Å²) in [6.45, 7) is 5.40. The SMILES string of the molecule is CCCc1ccc(=O)n(Cc2c(-c3cc(F)c(N4CCCC(CC(=O)O)C4)c(CC)n3)nnn2C)c1. The van der Waals surface area contributed by atoms with Gasteiger partial charge in [-0.3, -0.25) is 9.59 Å². The Hall–Kier alpha value is -3.56. The summed E-state index contributed by atoms with van der Waals surface area (Å²) in [5, 5.41) is 17.6. The molecule has 1 unspecified atom stereocenters. The number of piperidine rings is 1. The molecule has 3 aromatic rings. The van der Waals surface area contributed by atoms with Crippen LogP contribution in [0.3, 0.4) is 0 Å². The van der Waals surface area contributed by atoms with Crippen molar-refractivity contribution in [2.24, 2.45) is 13.0 Å². The van der Waals surface area contributed by atoms with Gasteiger partial charge >= 0.3 is 5.97 Å². The number of aliphatic carboxylic acids is 1. The van der Waals surface area contributed by atoms with E-state index in [0.717, 1.165) is 31.2 Å². The molecular weight excluding hydrogens is 463 g/mol. The van der Waals surface area contributed by atoms with Crippen molar-refractivity contribution in [2.45, 2.75) is 58.9 Å². The molecule has 1 fully saturated rings. The van der Waals surface area contributed by atoms with Crippen molar-refractivity contribution < 1.29 is 14.3 Å².